The summed E-state index contributed by atoms with van der Waals surface area (Å²) in [4.78, 5) is 15.8. The summed E-state index contributed by atoms with van der Waals surface area (Å²) < 4.78 is 44.2. The summed E-state index contributed by atoms with van der Waals surface area (Å²) in [6, 6.07) is 3.16. The van der Waals surface area contributed by atoms with Gasteiger partial charge in [0, 0.05) is 44.0 Å². The Hall–Kier alpha value is -2.07. The van der Waals surface area contributed by atoms with Crippen molar-refractivity contribution in [1.29, 1.82) is 0 Å². The average Bonchev–Trinajstić information content (AvgIpc) is 2.50. The van der Waals surface area contributed by atoms with Crippen LogP contribution in [0.5, 0.6) is 5.75 Å². The molecule has 2 N–H and O–H groups in total. The van der Waals surface area contributed by atoms with Gasteiger partial charge in [-0.2, -0.15) is 8.42 Å². The topological polar surface area (TPSA) is 102 Å². The Morgan fingerprint density at radius 1 is 1.22 bits per heavy atom. The Morgan fingerprint density at radius 3 is 2.33 bits per heavy atom. The molecule has 1 aliphatic heterocycles. The van der Waals surface area contributed by atoms with E-state index in [-0.39, 0.29) is 11.8 Å². The Morgan fingerprint density at radius 2 is 1.81 bits per heavy atom. The molecule has 1 saturated heterocycles. The highest BCUT2D eigenvalue weighted by Gasteiger charge is 2.26. The zero-order valence-corrected chi connectivity index (χ0v) is 16.8. The van der Waals surface area contributed by atoms with Crippen LogP contribution in [0.25, 0.3) is 0 Å². The zero-order chi connectivity index (χ0) is 20.4. The molecule has 1 heterocycles. The lowest BCUT2D eigenvalue weighted by molar-refractivity contribution is 0.0139. The van der Waals surface area contributed by atoms with Crippen LogP contribution in [0, 0.1) is 6.92 Å². The van der Waals surface area contributed by atoms with Gasteiger partial charge in [0.1, 0.15) is 5.60 Å². The maximum Gasteiger partial charge on any atom is 0.488 e. The first kappa shape index (κ1) is 21.2. The fourth-order valence-corrected chi connectivity index (χ4v) is 3.11. The highest BCUT2D eigenvalue weighted by molar-refractivity contribution is 7.81. The van der Waals surface area contributed by atoms with Gasteiger partial charge in [-0.05, 0) is 45.4 Å². The number of halogens is 1. The summed E-state index contributed by atoms with van der Waals surface area (Å²) in [5.41, 5.74) is 6.71. The summed E-state index contributed by atoms with van der Waals surface area (Å²) in [5, 5.41) is 0. The molecule has 0 unspecified atom stereocenters. The minimum Gasteiger partial charge on any atom is -0.444 e. The summed E-state index contributed by atoms with van der Waals surface area (Å²) in [6.07, 6.45) is -0.342. The number of amides is 1. The maximum absolute atomic E-state index is 12.9. The quantitative estimate of drug-likeness (QED) is 0.607. The van der Waals surface area contributed by atoms with E-state index in [1.165, 1.54) is 6.07 Å². The predicted octanol–water partition coefficient (Wildman–Crippen LogP) is 2.22. The van der Waals surface area contributed by atoms with E-state index in [0.717, 1.165) is 0 Å². The standard InChI is InChI=1S/C17H26FN3O5S/c1-12-14(19)9-13(10-15(12)26-27(18,23)24)11-20-5-7-21(8-6-20)16(22)25-17(2,3)4/h9-10H,5-8,11,19H2,1-4H3. The number of hydrogen-bond acceptors (Lipinski definition) is 7. The Bertz CT molecular complexity index is 800. The molecule has 1 fully saturated rings. The summed E-state index contributed by atoms with van der Waals surface area (Å²) >= 11 is 0. The van der Waals surface area contributed by atoms with Crippen molar-refractivity contribution >= 4 is 22.3 Å². The lowest BCUT2D eigenvalue weighted by Crippen LogP contribution is -2.49. The number of piperazine rings is 1. The summed E-state index contributed by atoms with van der Waals surface area (Å²) in [7, 11) is -5.13. The van der Waals surface area contributed by atoms with Gasteiger partial charge in [0.2, 0.25) is 0 Å². The van der Waals surface area contributed by atoms with Crippen molar-refractivity contribution in [3.8, 4) is 5.75 Å². The molecular weight excluding hydrogens is 377 g/mol. The van der Waals surface area contributed by atoms with Crippen molar-refractivity contribution in [2.75, 3.05) is 31.9 Å². The Labute approximate surface area is 159 Å². The number of hydrogen-bond donors (Lipinski definition) is 1. The van der Waals surface area contributed by atoms with Gasteiger partial charge in [0.05, 0.1) is 0 Å². The zero-order valence-electron chi connectivity index (χ0n) is 16.0. The second-order valence-electron chi connectivity index (χ2n) is 7.53. The van der Waals surface area contributed by atoms with Crippen LogP contribution >= 0.6 is 0 Å². The minimum absolute atomic E-state index is 0.125. The predicted molar refractivity (Wildman–Crippen MR) is 99.3 cm³/mol. The Kier molecular flexibility index (Phi) is 6.21. The third-order valence-corrected chi connectivity index (χ3v) is 4.46. The second-order valence-corrected chi connectivity index (χ2v) is 8.48. The van der Waals surface area contributed by atoms with E-state index in [1.54, 1.807) is 17.9 Å². The highest BCUT2D eigenvalue weighted by atomic mass is 32.3. The average molecular weight is 403 g/mol. The second kappa shape index (κ2) is 7.89. The van der Waals surface area contributed by atoms with Crippen molar-refractivity contribution in [3.63, 3.8) is 0 Å². The molecule has 0 bridgehead atoms. The van der Waals surface area contributed by atoms with Crippen LogP contribution in [0.4, 0.5) is 14.4 Å². The summed E-state index contributed by atoms with van der Waals surface area (Å²) in [6.45, 7) is 9.74. The molecular formula is C17H26FN3O5S. The molecule has 1 amide bonds. The number of benzene rings is 1. The molecule has 2 rings (SSSR count). The number of nitrogens with zero attached hydrogens (tertiary/aromatic N) is 2. The molecule has 0 aliphatic carbocycles. The van der Waals surface area contributed by atoms with Crippen molar-refractivity contribution in [2.24, 2.45) is 0 Å². The van der Waals surface area contributed by atoms with Gasteiger partial charge < -0.3 is 19.6 Å². The minimum atomic E-state index is -5.13. The first-order valence-electron chi connectivity index (χ1n) is 8.57. The summed E-state index contributed by atoms with van der Waals surface area (Å²) in [5.74, 6) is -0.125. The first-order valence-corrected chi connectivity index (χ1v) is 9.88. The maximum atomic E-state index is 12.9. The van der Waals surface area contributed by atoms with E-state index in [0.29, 0.717) is 49.5 Å². The van der Waals surface area contributed by atoms with Gasteiger partial charge in [0.25, 0.3) is 0 Å². The molecule has 10 heteroatoms. The lowest BCUT2D eigenvalue weighted by atomic mass is 10.1. The van der Waals surface area contributed by atoms with Gasteiger partial charge in [-0.25, -0.2) is 4.79 Å². The molecule has 0 spiro atoms. The van der Waals surface area contributed by atoms with Crippen LogP contribution in [-0.4, -0.2) is 56.1 Å². The molecule has 8 nitrogen and oxygen atoms in total. The Balaban J connectivity index is 2.00. The van der Waals surface area contributed by atoms with Crippen molar-refractivity contribution < 1.29 is 26.0 Å². The van der Waals surface area contributed by atoms with Gasteiger partial charge in [-0.3, -0.25) is 4.90 Å². The third-order valence-electron chi connectivity index (χ3n) is 4.08. The number of ether oxygens (including phenoxy) is 1. The molecule has 152 valence electrons. The number of nitrogens with two attached hydrogens (primary N) is 1. The van der Waals surface area contributed by atoms with Gasteiger partial charge in [-0.15, -0.1) is 0 Å². The van der Waals surface area contributed by atoms with Crippen LogP contribution < -0.4 is 9.92 Å². The number of rotatable bonds is 4. The van der Waals surface area contributed by atoms with Crippen LogP contribution in [-0.2, 0) is 21.8 Å². The van der Waals surface area contributed by atoms with Crippen molar-refractivity contribution in [1.82, 2.24) is 9.80 Å². The SMILES string of the molecule is Cc1c(N)cc(CN2CCN(C(=O)OC(C)(C)C)CC2)cc1OS(=O)(=O)F. The number of carbonyl (C=O) groups is 1. The molecule has 0 aromatic heterocycles. The molecule has 1 aromatic carbocycles. The lowest BCUT2D eigenvalue weighted by Gasteiger charge is -2.35. The molecule has 0 radical (unpaired) electrons. The fraction of sp³-hybridized carbons (Fsp3) is 0.588. The van der Waals surface area contributed by atoms with E-state index in [2.05, 4.69) is 9.08 Å². The molecule has 1 aromatic rings. The monoisotopic (exact) mass is 403 g/mol. The molecule has 0 saturated carbocycles. The largest absolute Gasteiger partial charge is 0.488 e. The van der Waals surface area contributed by atoms with Crippen LogP contribution in [0.1, 0.15) is 31.9 Å². The molecule has 0 atom stereocenters. The van der Waals surface area contributed by atoms with Gasteiger partial charge >= 0.3 is 16.6 Å². The number of anilines is 1. The smallest absolute Gasteiger partial charge is 0.444 e. The fourth-order valence-electron chi connectivity index (χ4n) is 2.73. The van der Waals surface area contributed by atoms with E-state index in [9.17, 15) is 17.1 Å². The van der Waals surface area contributed by atoms with E-state index in [1.807, 2.05) is 20.8 Å². The van der Waals surface area contributed by atoms with Crippen LogP contribution in [0.2, 0.25) is 0 Å². The van der Waals surface area contributed by atoms with E-state index >= 15 is 0 Å². The number of nitrogen functional groups attached to an aromatic ring is 1. The van der Waals surface area contributed by atoms with Gasteiger partial charge in [0.15, 0.2) is 5.75 Å². The third kappa shape index (κ3) is 6.55. The first-order chi connectivity index (χ1) is 12.3. The van der Waals surface area contributed by atoms with Crippen LogP contribution in [0.3, 0.4) is 0 Å². The molecule has 1 aliphatic rings. The number of carbonyl (C=O) groups excluding carboxylic acids is 1. The molecule has 27 heavy (non-hydrogen) atoms. The van der Waals surface area contributed by atoms with E-state index < -0.39 is 16.1 Å². The van der Waals surface area contributed by atoms with E-state index in [4.69, 9.17) is 10.5 Å². The van der Waals surface area contributed by atoms with Gasteiger partial charge in [-0.1, -0.05) is 3.89 Å². The van der Waals surface area contributed by atoms with Crippen molar-refractivity contribution in [2.45, 2.75) is 39.8 Å². The van der Waals surface area contributed by atoms with Crippen LogP contribution in [0.15, 0.2) is 12.1 Å². The van der Waals surface area contributed by atoms with Crippen molar-refractivity contribution in [3.05, 3.63) is 23.3 Å². The normalized spacial score (nSPS) is 16.3. The highest BCUT2D eigenvalue weighted by Crippen LogP contribution is 2.28.